The van der Waals surface area contributed by atoms with Crippen molar-refractivity contribution in [3.63, 3.8) is 0 Å². The summed E-state index contributed by atoms with van der Waals surface area (Å²) in [6, 6.07) is 8.44. The molecule has 1 heterocycles. The van der Waals surface area contributed by atoms with Crippen LogP contribution in [0.2, 0.25) is 0 Å². The highest BCUT2D eigenvalue weighted by molar-refractivity contribution is 5.90. The summed E-state index contributed by atoms with van der Waals surface area (Å²) in [5, 5.41) is 14.7. The molecule has 1 aliphatic carbocycles. The Morgan fingerprint density at radius 3 is 2.71 bits per heavy atom. The molecule has 0 aliphatic heterocycles. The highest BCUT2D eigenvalue weighted by Gasteiger charge is 2.12. The van der Waals surface area contributed by atoms with Gasteiger partial charge in [0.05, 0.1) is 5.52 Å². The fourth-order valence-electron chi connectivity index (χ4n) is 1.93. The number of benzene rings is 1. The minimum atomic E-state index is -0.291. The number of nitrogens with zero attached hydrogens (tertiary/aromatic N) is 2. The van der Waals surface area contributed by atoms with Crippen molar-refractivity contribution in [3.8, 4) is 5.75 Å². The molecule has 0 amide bonds. The summed E-state index contributed by atoms with van der Waals surface area (Å²) in [5.74, 6) is 0.00987. The van der Waals surface area contributed by atoms with Crippen LogP contribution in [0.1, 0.15) is 19.3 Å². The number of aromatic nitrogens is 1. The van der Waals surface area contributed by atoms with Crippen LogP contribution < -0.4 is 5.56 Å². The number of rotatable bonds is 1. The quantitative estimate of drug-likeness (QED) is 0.812. The molecule has 1 aliphatic rings. The monoisotopic (exact) mass is 228 g/mol. The summed E-state index contributed by atoms with van der Waals surface area (Å²) in [5.41, 5.74) is 1.40. The molecule has 17 heavy (non-hydrogen) atoms. The molecule has 4 heteroatoms. The Labute approximate surface area is 97.8 Å². The van der Waals surface area contributed by atoms with E-state index in [0.717, 1.165) is 25.0 Å². The highest BCUT2D eigenvalue weighted by Crippen LogP contribution is 2.22. The molecule has 0 spiro atoms. The lowest BCUT2D eigenvalue weighted by Crippen LogP contribution is -2.20. The Balaban J connectivity index is 2.32. The van der Waals surface area contributed by atoms with Gasteiger partial charge in [-0.05, 0) is 31.4 Å². The average molecular weight is 228 g/mol. The van der Waals surface area contributed by atoms with Crippen molar-refractivity contribution >= 4 is 16.6 Å². The zero-order valence-electron chi connectivity index (χ0n) is 9.26. The van der Waals surface area contributed by atoms with E-state index in [1.807, 2.05) is 12.1 Å². The van der Waals surface area contributed by atoms with Gasteiger partial charge >= 0.3 is 0 Å². The second-order valence-electron chi connectivity index (χ2n) is 4.22. The molecule has 3 rings (SSSR count). The molecule has 0 bridgehead atoms. The zero-order valence-corrected chi connectivity index (χ0v) is 9.26. The maximum absolute atomic E-state index is 11.8. The molecule has 0 atom stereocenters. The summed E-state index contributed by atoms with van der Waals surface area (Å²) in [6.07, 6.45) is 3.06. The molecule has 1 fully saturated rings. The number of aromatic hydroxyl groups is 1. The van der Waals surface area contributed by atoms with Crippen molar-refractivity contribution in [3.05, 3.63) is 40.7 Å². The van der Waals surface area contributed by atoms with Crippen molar-refractivity contribution in [2.75, 3.05) is 0 Å². The lowest BCUT2D eigenvalue weighted by molar-refractivity contribution is 0.479. The summed E-state index contributed by atoms with van der Waals surface area (Å²) in [4.78, 5) is 11.8. The molecule has 1 aromatic heterocycles. The molecule has 0 radical (unpaired) electrons. The molecule has 0 unspecified atom stereocenters. The molecule has 2 aromatic rings. The van der Waals surface area contributed by atoms with E-state index in [4.69, 9.17) is 0 Å². The SMILES string of the molecule is O=c1cc(O)c2ccccc2n1N=C1CCC1. The topological polar surface area (TPSA) is 54.6 Å². The van der Waals surface area contributed by atoms with E-state index in [-0.39, 0.29) is 11.3 Å². The Kier molecular flexibility index (Phi) is 2.21. The Hall–Kier alpha value is -2.10. The van der Waals surface area contributed by atoms with Crippen molar-refractivity contribution in [1.29, 1.82) is 0 Å². The molecule has 4 nitrogen and oxygen atoms in total. The largest absolute Gasteiger partial charge is 0.507 e. The van der Waals surface area contributed by atoms with Crippen LogP contribution in [0.4, 0.5) is 0 Å². The van der Waals surface area contributed by atoms with Gasteiger partial charge in [-0.2, -0.15) is 9.78 Å². The molecule has 1 aromatic carbocycles. The maximum atomic E-state index is 11.8. The van der Waals surface area contributed by atoms with E-state index < -0.39 is 0 Å². The number of hydrogen-bond donors (Lipinski definition) is 1. The Bertz CT molecular complexity index is 665. The smallest absolute Gasteiger partial charge is 0.275 e. The first-order valence-electron chi connectivity index (χ1n) is 5.66. The van der Waals surface area contributed by atoms with Gasteiger partial charge in [-0.15, -0.1) is 0 Å². The maximum Gasteiger partial charge on any atom is 0.275 e. The van der Waals surface area contributed by atoms with Gasteiger partial charge in [0.1, 0.15) is 5.75 Å². The van der Waals surface area contributed by atoms with Crippen molar-refractivity contribution in [1.82, 2.24) is 4.68 Å². The first-order chi connectivity index (χ1) is 8.25. The van der Waals surface area contributed by atoms with Crippen molar-refractivity contribution < 1.29 is 5.11 Å². The number of para-hydroxylation sites is 1. The van der Waals surface area contributed by atoms with E-state index in [1.165, 1.54) is 10.7 Å². The van der Waals surface area contributed by atoms with Gasteiger partial charge < -0.3 is 5.11 Å². The van der Waals surface area contributed by atoms with Crippen LogP contribution >= 0.6 is 0 Å². The van der Waals surface area contributed by atoms with E-state index in [0.29, 0.717) is 10.9 Å². The third-order valence-electron chi connectivity index (χ3n) is 3.05. The van der Waals surface area contributed by atoms with Gasteiger partial charge in [-0.3, -0.25) is 4.79 Å². The lowest BCUT2D eigenvalue weighted by Gasteiger charge is -2.15. The molecular formula is C13H12N2O2. The molecular weight excluding hydrogens is 216 g/mol. The van der Waals surface area contributed by atoms with Gasteiger partial charge in [0, 0.05) is 17.2 Å². The van der Waals surface area contributed by atoms with Crippen LogP contribution in [-0.2, 0) is 0 Å². The van der Waals surface area contributed by atoms with Gasteiger partial charge in [-0.1, -0.05) is 12.1 Å². The second-order valence-corrected chi connectivity index (χ2v) is 4.22. The molecule has 1 saturated carbocycles. The van der Waals surface area contributed by atoms with Gasteiger partial charge in [-0.25, -0.2) is 0 Å². The van der Waals surface area contributed by atoms with Crippen LogP contribution in [0.3, 0.4) is 0 Å². The standard InChI is InChI=1S/C13H12N2O2/c16-12-8-13(17)15(14-9-4-3-5-9)11-7-2-1-6-10(11)12/h1-2,6-8,16H,3-5H2. The normalized spacial score (nSPS) is 14.7. The van der Waals surface area contributed by atoms with E-state index >= 15 is 0 Å². The van der Waals surface area contributed by atoms with Crippen LogP contribution in [0.15, 0.2) is 40.2 Å². The Morgan fingerprint density at radius 1 is 1.24 bits per heavy atom. The molecule has 0 saturated heterocycles. The minimum Gasteiger partial charge on any atom is -0.507 e. The third-order valence-corrected chi connectivity index (χ3v) is 3.05. The van der Waals surface area contributed by atoms with Crippen LogP contribution in [-0.4, -0.2) is 15.5 Å². The fourth-order valence-corrected chi connectivity index (χ4v) is 1.93. The summed E-state index contributed by atoms with van der Waals surface area (Å²) < 4.78 is 1.38. The highest BCUT2D eigenvalue weighted by atomic mass is 16.3. The second kappa shape index (κ2) is 3.73. The van der Waals surface area contributed by atoms with Gasteiger partial charge in [0.15, 0.2) is 0 Å². The summed E-state index contributed by atoms with van der Waals surface area (Å²) in [6.45, 7) is 0. The predicted octanol–water partition coefficient (Wildman–Crippen LogP) is 2.10. The lowest BCUT2D eigenvalue weighted by atomic mass is 9.98. The van der Waals surface area contributed by atoms with E-state index in [1.54, 1.807) is 12.1 Å². The van der Waals surface area contributed by atoms with Crippen LogP contribution in [0.5, 0.6) is 5.75 Å². The number of pyridine rings is 1. The zero-order chi connectivity index (χ0) is 11.8. The number of fused-ring (bicyclic) bond motifs is 1. The van der Waals surface area contributed by atoms with E-state index in [9.17, 15) is 9.90 Å². The third kappa shape index (κ3) is 1.62. The first kappa shape index (κ1) is 10.1. The summed E-state index contributed by atoms with van der Waals surface area (Å²) >= 11 is 0. The van der Waals surface area contributed by atoms with Crippen molar-refractivity contribution in [2.45, 2.75) is 19.3 Å². The molecule has 1 N–H and O–H groups in total. The predicted molar refractivity (Wildman–Crippen MR) is 66.6 cm³/mol. The molecule has 86 valence electrons. The Morgan fingerprint density at radius 2 is 2.00 bits per heavy atom. The van der Waals surface area contributed by atoms with Gasteiger partial charge in [0.2, 0.25) is 0 Å². The minimum absolute atomic E-state index is 0.00987. The average Bonchev–Trinajstić information content (AvgIpc) is 2.26. The first-order valence-corrected chi connectivity index (χ1v) is 5.66. The van der Waals surface area contributed by atoms with Crippen LogP contribution in [0, 0.1) is 0 Å². The number of hydrogen-bond acceptors (Lipinski definition) is 3. The van der Waals surface area contributed by atoms with E-state index in [2.05, 4.69) is 5.10 Å². The van der Waals surface area contributed by atoms with Crippen molar-refractivity contribution in [2.24, 2.45) is 5.10 Å². The fraction of sp³-hybridized carbons (Fsp3) is 0.231. The van der Waals surface area contributed by atoms with Gasteiger partial charge in [0.25, 0.3) is 5.56 Å². The van der Waals surface area contributed by atoms with Crippen LogP contribution in [0.25, 0.3) is 10.9 Å². The summed E-state index contributed by atoms with van der Waals surface area (Å²) in [7, 11) is 0.